The van der Waals surface area contributed by atoms with Crippen molar-refractivity contribution in [1.29, 1.82) is 0 Å². The summed E-state index contributed by atoms with van der Waals surface area (Å²) in [5.74, 6) is 1.46. The molecule has 0 aliphatic carbocycles. The summed E-state index contributed by atoms with van der Waals surface area (Å²) in [4.78, 5) is 18.9. The SMILES string of the molecule is Cc1nc(COc2ccc(C(=O)NCc3ccc(CN4CCC(O)CC4)cc3)cc2)no1. The Morgan fingerprint density at radius 2 is 1.81 bits per heavy atom. The first-order valence-electron chi connectivity index (χ1n) is 10.8. The molecule has 3 aromatic rings. The van der Waals surface area contributed by atoms with Crippen molar-refractivity contribution in [2.45, 2.75) is 45.6 Å². The van der Waals surface area contributed by atoms with Crippen LogP contribution >= 0.6 is 0 Å². The van der Waals surface area contributed by atoms with Crippen LogP contribution in [0, 0.1) is 6.92 Å². The van der Waals surface area contributed by atoms with Crippen LogP contribution in [0.1, 0.15) is 46.0 Å². The van der Waals surface area contributed by atoms with E-state index in [1.54, 1.807) is 31.2 Å². The summed E-state index contributed by atoms with van der Waals surface area (Å²) in [6, 6.07) is 15.2. The van der Waals surface area contributed by atoms with Crippen LogP contribution in [0.15, 0.2) is 53.1 Å². The molecule has 8 heteroatoms. The van der Waals surface area contributed by atoms with Crippen LogP contribution in [-0.4, -0.2) is 45.2 Å². The summed E-state index contributed by atoms with van der Waals surface area (Å²) in [6.45, 7) is 5.14. The first kappa shape index (κ1) is 22.0. The van der Waals surface area contributed by atoms with Crippen molar-refractivity contribution in [2.75, 3.05) is 13.1 Å². The lowest BCUT2D eigenvalue weighted by Crippen LogP contribution is -2.35. The van der Waals surface area contributed by atoms with Crippen molar-refractivity contribution in [2.24, 2.45) is 0 Å². The van der Waals surface area contributed by atoms with Gasteiger partial charge in [0.15, 0.2) is 6.61 Å². The number of aliphatic hydroxyl groups is 1. The number of carbonyl (C=O) groups is 1. The van der Waals surface area contributed by atoms with Crippen molar-refractivity contribution in [3.8, 4) is 5.75 Å². The summed E-state index contributed by atoms with van der Waals surface area (Å²) in [5, 5.41) is 16.4. The Morgan fingerprint density at radius 1 is 1.12 bits per heavy atom. The van der Waals surface area contributed by atoms with Gasteiger partial charge in [0.05, 0.1) is 6.10 Å². The Balaban J connectivity index is 1.22. The summed E-state index contributed by atoms with van der Waals surface area (Å²) in [6.07, 6.45) is 1.54. The zero-order chi connectivity index (χ0) is 22.3. The molecule has 32 heavy (non-hydrogen) atoms. The fourth-order valence-electron chi connectivity index (χ4n) is 3.63. The number of aromatic nitrogens is 2. The number of nitrogens with one attached hydrogen (secondary N) is 1. The molecule has 1 aliphatic heterocycles. The van der Waals surface area contributed by atoms with E-state index in [9.17, 15) is 9.90 Å². The molecule has 0 bridgehead atoms. The van der Waals surface area contributed by atoms with Gasteiger partial charge in [-0.05, 0) is 48.2 Å². The molecule has 1 aromatic heterocycles. The molecular formula is C24H28N4O4. The normalized spacial score (nSPS) is 14.9. The summed E-state index contributed by atoms with van der Waals surface area (Å²) < 4.78 is 10.5. The number of hydrogen-bond donors (Lipinski definition) is 2. The molecule has 1 fully saturated rings. The van der Waals surface area contributed by atoms with Gasteiger partial charge in [-0.15, -0.1) is 0 Å². The van der Waals surface area contributed by atoms with Crippen molar-refractivity contribution < 1.29 is 19.2 Å². The van der Waals surface area contributed by atoms with E-state index in [1.165, 1.54) is 5.56 Å². The van der Waals surface area contributed by atoms with Gasteiger partial charge in [-0.3, -0.25) is 9.69 Å². The maximum absolute atomic E-state index is 12.5. The van der Waals surface area contributed by atoms with E-state index >= 15 is 0 Å². The number of piperidine rings is 1. The van der Waals surface area contributed by atoms with E-state index in [0.717, 1.165) is 38.0 Å². The number of carbonyl (C=O) groups excluding carboxylic acids is 1. The molecule has 0 radical (unpaired) electrons. The van der Waals surface area contributed by atoms with Gasteiger partial charge >= 0.3 is 0 Å². The molecule has 2 heterocycles. The van der Waals surface area contributed by atoms with Gasteiger partial charge in [0.2, 0.25) is 11.7 Å². The number of ether oxygens (including phenoxy) is 1. The van der Waals surface area contributed by atoms with Gasteiger partial charge in [0, 0.05) is 38.7 Å². The van der Waals surface area contributed by atoms with Crippen LogP contribution in [0.2, 0.25) is 0 Å². The lowest BCUT2D eigenvalue weighted by molar-refractivity contribution is 0.0792. The number of benzene rings is 2. The smallest absolute Gasteiger partial charge is 0.251 e. The first-order chi connectivity index (χ1) is 15.5. The molecule has 2 N–H and O–H groups in total. The van der Waals surface area contributed by atoms with E-state index in [1.807, 2.05) is 12.1 Å². The van der Waals surface area contributed by atoms with Gasteiger partial charge in [-0.2, -0.15) is 4.98 Å². The van der Waals surface area contributed by atoms with E-state index < -0.39 is 0 Å². The zero-order valence-electron chi connectivity index (χ0n) is 18.2. The van der Waals surface area contributed by atoms with Crippen LogP contribution < -0.4 is 10.1 Å². The maximum Gasteiger partial charge on any atom is 0.251 e. The fraction of sp³-hybridized carbons (Fsp3) is 0.375. The molecular weight excluding hydrogens is 408 g/mol. The molecule has 8 nitrogen and oxygen atoms in total. The monoisotopic (exact) mass is 436 g/mol. The van der Waals surface area contributed by atoms with Crippen LogP contribution in [0.4, 0.5) is 0 Å². The lowest BCUT2D eigenvalue weighted by Gasteiger charge is -2.29. The van der Waals surface area contributed by atoms with Crippen molar-refractivity contribution >= 4 is 5.91 Å². The molecule has 4 rings (SSSR count). The third kappa shape index (κ3) is 6.15. The van der Waals surface area contributed by atoms with E-state index in [2.05, 4.69) is 32.5 Å². The lowest BCUT2D eigenvalue weighted by atomic mass is 10.1. The number of amides is 1. The topological polar surface area (TPSA) is 101 Å². The van der Waals surface area contributed by atoms with Crippen LogP contribution in [-0.2, 0) is 19.7 Å². The highest BCUT2D eigenvalue weighted by Crippen LogP contribution is 2.16. The van der Waals surface area contributed by atoms with Gasteiger partial charge in [-0.25, -0.2) is 0 Å². The largest absolute Gasteiger partial charge is 0.485 e. The van der Waals surface area contributed by atoms with Gasteiger partial charge in [-0.1, -0.05) is 29.4 Å². The van der Waals surface area contributed by atoms with E-state index in [-0.39, 0.29) is 18.6 Å². The number of rotatable bonds is 8. The predicted molar refractivity (Wildman–Crippen MR) is 118 cm³/mol. The van der Waals surface area contributed by atoms with Gasteiger partial charge in [0.1, 0.15) is 5.75 Å². The Hall–Kier alpha value is -3.23. The molecule has 1 aliphatic rings. The third-order valence-corrected chi connectivity index (χ3v) is 5.49. The van der Waals surface area contributed by atoms with E-state index in [0.29, 0.717) is 29.6 Å². The highest BCUT2D eigenvalue weighted by atomic mass is 16.5. The van der Waals surface area contributed by atoms with Crippen molar-refractivity contribution in [3.63, 3.8) is 0 Å². The average molecular weight is 437 g/mol. The highest BCUT2D eigenvalue weighted by molar-refractivity contribution is 5.94. The quantitative estimate of drug-likeness (QED) is 0.560. The van der Waals surface area contributed by atoms with Crippen LogP contribution in [0.3, 0.4) is 0 Å². The van der Waals surface area contributed by atoms with Gasteiger partial charge < -0.3 is 19.7 Å². The minimum atomic E-state index is -0.151. The number of nitrogens with zero attached hydrogens (tertiary/aromatic N) is 3. The average Bonchev–Trinajstić information content (AvgIpc) is 3.24. The minimum absolute atomic E-state index is 0.138. The fourth-order valence-corrected chi connectivity index (χ4v) is 3.63. The third-order valence-electron chi connectivity index (χ3n) is 5.49. The maximum atomic E-state index is 12.5. The second-order valence-corrected chi connectivity index (χ2v) is 8.05. The summed E-state index contributed by atoms with van der Waals surface area (Å²) >= 11 is 0. The zero-order valence-corrected chi connectivity index (χ0v) is 18.2. The summed E-state index contributed by atoms with van der Waals surface area (Å²) in [7, 11) is 0. The second kappa shape index (κ2) is 10.4. The predicted octanol–water partition coefficient (Wildman–Crippen LogP) is 2.84. The first-order valence-corrected chi connectivity index (χ1v) is 10.8. The molecule has 0 spiro atoms. The van der Waals surface area contributed by atoms with Crippen molar-refractivity contribution in [1.82, 2.24) is 20.4 Å². The van der Waals surface area contributed by atoms with Gasteiger partial charge in [0.25, 0.3) is 5.91 Å². The Labute approximate surface area is 187 Å². The van der Waals surface area contributed by atoms with E-state index in [4.69, 9.17) is 9.26 Å². The van der Waals surface area contributed by atoms with Crippen LogP contribution in [0.25, 0.3) is 0 Å². The highest BCUT2D eigenvalue weighted by Gasteiger charge is 2.16. The molecule has 1 amide bonds. The Bertz CT molecular complexity index is 1010. The Morgan fingerprint density at radius 3 is 2.47 bits per heavy atom. The number of likely N-dealkylation sites (tertiary alicyclic amines) is 1. The molecule has 2 aromatic carbocycles. The summed E-state index contributed by atoms with van der Waals surface area (Å²) in [5.41, 5.74) is 2.85. The molecule has 0 unspecified atom stereocenters. The number of aliphatic hydroxyl groups excluding tert-OH is 1. The standard InChI is InChI=1S/C24H28N4O4/c1-17-26-23(27-32-17)16-31-22-8-6-20(7-9-22)24(30)25-14-18-2-4-19(5-3-18)15-28-12-10-21(29)11-13-28/h2-9,21,29H,10-16H2,1H3,(H,25,30). The molecule has 168 valence electrons. The number of aryl methyl sites for hydroxylation is 1. The molecule has 1 saturated heterocycles. The minimum Gasteiger partial charge on any atom is -0.485 e. The molecule has 0 atom stereocenters. The Kier molecular flexibility index (Phi) is 7.14. The number of hydrogen-bond acceptors (Lipinski definition) is 7. The molecule has 0 saturated carbocycles. The van der Waals surface area contributed by atoms with Crippen LogP contribution in [0.5, 0.6) is 5.75 Å². The second-order valence-electron chi connectivity index (χ2n) is 8.05. The van der Waals surface area contributed by atoms with Crippen molar-refractivity contribution in [3.05, 3.63) is 76.9 Å².